The molecule has 0 spiro atoms. The van der Waals surface area contributed by atoms with E-state index in [0.717, 1.165) is 40.8 Å². The first kappa shape index (κ1) is 21.6. The second-order valence-corrected chi connectivity index (χ2v) is 11.6. The van der Waals surface area contributed by atoms with E-state index < -0.39 is 10.0 Å². The third-order valence-corrected chi connectivity index (χ3v) is 8.90. The number of benzene rings is 2. The molecular weight excluding hydrogens is 460 g/mol. The van der Waals surface area contributed by atoms with Crippen molar-refractivity contribution >= 4 is 55.5 Å². The maximum absolute atomic E-state index is 12.8. The van der Waals surface area contributed by atoms with Gasteiger partial charge in [0.25, 0.3) is 0 Å². The molecule has 10 heteroatoms. The van der Waals surface area contributed by atoms with E-state index in [4.69, 9.17) is 11.6 Å². The van der Waals surface area contributed by atoms with Crippen LogP contribution in [0.3, 0.4) is 0 Å². The number of thioether (sulfide) groups is 1. The van der Waals surface area contributed by atoms with Crippen molar-refractivity contribution in [2.75, 3.05) is 5.32 Å². The van der Waals surface area contributed by atoms with Crippen molar-refractivity contribution in [3.63, 3.8) is 0 Å². The molecule has 6 nitrogen and oxygen atoms in total. The van der Waals surface area contributed by atoms with Crippen molar-refractivity contribution in [3.8, 4) is 0 Å². The third kappa shape index (κ3) is 5.53. The molecule has 0 unspecified atom stereocenters. The van der Waals surface area contributed by atoms with Gasteiger partial charge in [0.1, 0.15) is 0 Å². The van der Waals surface area contributed by atoms with Crippen molar-refractivity contribution in [3.05, 3.63) is 59.6 Å². The smallest absolute Gasteiger partial charge is 0.240 e. The molecular formula is C20H21ClN4O2S3. The monoisotopic (exact) mass is 480 g/mol. The molecule has 1 aliphatic carbocycles. The Morgan fingerprint density at radius 1 is 1.00 bits per heavy atom. The van der Waals surface area contributed by atoms with Crippen LogP contribution in [0, 0.1) is 0 Å². The van der Waals surface area contributed by atoms with Crippen LogP contribution in [0.2, 0.25) is 5.02 Å². The van der Waals surface area contributed by atoms with Gasteiger partial charge in [-0.25, -0.2) is 13.1 Å². The van der Waals surface area contributed by atoms with Crippen molar-refractivity contribution in [1.29, 1.82) is 0 Å². The maximum atomic E-state index is 12.8. The van der Waals surface area contributed by atoms with E-state index >= 15 is 0 Å². The van der Waals surface area contributed by atoms with Crippen molar-refractivity contribution in [2.24, 2.45) is 0 Å². The van der Waals surface area contributed by atoms with Crippen LogP contribution in [0.4, 0.5) is 10.8 Å². The van der Waals surface area contributed by atoms with E-state index in [1.54, 1.807) is 23.9 Å². The Morgan fingerprint density at radius 3 is 2.50 bits per heavy atom. The van der Waals surface area contributed by atoms with Gasteiger partial charge in [0.05, 0.1) is 4.90 Å². The molecule has 1 aliphatic rings. The molecule has 1 aromatic heterocycles. The summed E-state index contributed by atoms with van der Waals surface area (Å²) in [6.07, 6.45) is 3.81. The first-order chi connectivity index (χ1) is 14.5. The van der Waals surface area contributed by atoms with Gasteiger partial charge in [-0.15, -0.1) is 10.2 Å². The van der Waals surface area contributed by atoms with E-state index in [2.05, 4.69) is 20.2 Å². The van der Waals surface area contributed by atoms with Crippen molar-refractivity contribution in [2.45, 2.75) is 46.2 Å². The van der Waals surface area contributed by atoms with Crippen molar-refractivity contribution in [1.82, 2.24) is 14.9 Å². The molecule has 30 heavy (non-hydrogen) atoms. The number of halogens is 1. The van der Waals surface area contributed by atoms with Crippen LogP contribution in [-0.2, 0) is 10.0 Å². The molecule has 0 radical (unpaired) electrons. The Balaban J connectivity index is 1.43. The summed E-state index contributed by atoms with van der Waals surface area (Å²) in [7, 11) is -3.60. The summed E-state index contributed by atoms with van der Waals surface area (Å²) < 4.78 is 29.4. The van der Waals surface area contributed by atoms with E-state index in [-0.39, 0.29) is 16.2 Å². The lowest BCUT2D eigenvalue weighted by molar-refractivity contribution is 0.423. The highest BCUT2D eigenvalue weighted by molar-refractivity contribution is 8.01. The predicted molar refractivity (Wildman–Crippen MR) is 123 cm³/mol. The van der Waals surface area contributed by atoms with Crippen LogP contribution < -0.4 is 10.0 Å². The van der Waals surface area contributed by atoms with E-state index in [1.165, 1.54) is 23.5 Å². The lowest BCUT2D eigenvalue weighted by Crippen LogP contribution is -2.43. The largest absolute Gasteiger partial charge is 0.330 e. The quantitative estimate of drug-likeness (QED) is 0.476. The summed E-state index contributed by atoms with van der Waals surface area (Å²) in [5, 5.41) is 13.1. The Hall–Kier alpha value is -1.65. The van der Waals surface area contributed by atoms with Gasteiger partial charge in [-0.1, -0.05) is 65.7 Å². The number of nitrogens with one attached hydrogen (secondary N) is 2. The molecule has 2 aromatic carbocycles. The molecule has 0 saturated heterocycles. The summed E-state index contributed by atoms with van der Waals surface area (Å²) in [5.74, 6) is 0. The molecule has 1 fully saturated rings. The number of aromatic nitrogens is 2. The fourth-order valence-electron chi connectivity index (χ4n) is 3.34. The van der Waals surface area contributed by atoms with Crippen LogP contribution in [0.15, 0.2) is 63.8 Å². The lowest BCUT2D eigenvalue weighted by atomic mass is 9.96. The van der Waals surface area contributed by atoms with Crippen LogP contribution in [-0.4, -0.2) is 29.9 Å². The first-order valence-electron chi connectivity index (χ1n) is 9.60. The summed E-state index contributed by atoms with van der Waals surface area (Å²) in [4.78, 5) is 0.228. The molecule has 4 rings (SSSR count). The van der Waals surface area contributed by atoms with Gasteiger partial charge in [0.15, 0.2) is 4.34 Å². The van der Waals surface area contributed by atoms with Crippen LogP contribution >= 0.6 is 34.7 Å². The fraction of sp³-hybridized carbons (Fsp3) is 0.300. The zero-order valence-electron chi connectivity index (χ0n) is 16.0. The van der Waals surface area contributed by atoms with Gasteiger partial charge < -0.3 is 5.32 Å². The third-order valence-electron chi connectivity index (χ3n) is 4.82. The first-order valence-corrected chi connectivity index (χ1v) is 13.2. The van der Waals surface area contributed by atoms with E-state index in [0.29, 0.717) is 5.02 Å². The number of anilines is 2. The predicted octanol–water partition coefficient (Wildman–Crippen LogP) is 5.32. The molecule has 0 aliphatic heterocycles. The number of para-hydroxylation sites is 1. The zero-order valence-corrected chi connectivity index (χ0v) is 19.2. The average molecular weight is 481 g/mol. The Labute approximate surface area is 189 Å². The summed E-state index contributed by atoms with van der Waals surface area (Å²) in [6.45, 7) is 0. The standard InChI is InChI=1S/C20H21ClN4O2S3/c21-14-10-12-16(13-11-14)30(26,27)25-17-8-4-5-9-18(17)28-20-24-23-19(29-20)22-15-6-2-1-3-7-15/h1-3,6-7,10-13,17-18,25H,4-5,8-9H2,(H,22,23)/t17-,18-/m0/s1. The van der Waals surface area contributed by atoms with Gasteiger partial charge >= 0.3 is 0 Å². The second kappa shape index (κ2) is 9.65. The van der Waals surface area contributed by atoms with Gasteiger partial charge in [-0.3, -0.25) is 0 Å². The zero-order chi connectivity index (χ0) is 21.0. The number of hydrogen-bond donors (Lipinski definition) is 2. The summed E-state index contributed by atoms with van der Waals surface area (Å²) >= 11 is 8.96. The summed E-state index contributed by atoms with van der Waals surface area (Å²) in [6, 6.07) is 15.9. The highest BCUT2D eigenvalue weighted by Crippen LogP contribution is 2.37. The SMILES string of the molecule is O=S(=O)(N[C@H]1CCCC[C@@H]1Sc1nnc(Nc2ccccc2)s1)c1ccc(Cl)cc1. The van der Waals surface area contributed by atoms with E-state index in [9.17, 15) is 8.42 Å². The molecule has 158 valence electrons. The second-order valence-electron chi connectivity index (χ2n) is 6.99. The van der Waals surface area contributed by atoms with Crippen LogP contribution in [0.5, 0.6) is 0 Å². The molecule has 0 bridgehead atoms. The van der Waals surface area contributed by atoms with E-state index in [1.807, 2.05) is 30.3 Å². The molecule has 3 aromatic rings. The highest BCUT2D eigenvalue weighted by atomic mass is 35.5. The Morgan fingerprint density at radius 2 is 1.73 bits per heavy atom. The molecule has 2 atom stereocenters. The minimum Gasteiger partial charge on any atom is -0.330 e. The number of sulfonamides is 1. The maximum Gasteiger partial charge on any atom is 0.240 e. The molecule has 0 amide bonds. The van der Waals surface area contributed by atoms with Gasteiger partial charge in [0.2, 0.25) is 15.2 Å². The average Bonchev–Trinajstić information content (AvgIpc) is 3.17. The Bertz CT molecular complexity index is 1070. The van der Waals surface area contributed by atoms with Crippen molar-refractivity contribution < 1.29 is 8.42 Å². The molecule has 1 saturated carbocycles. The minimum atomic E-state index is -3.60. The molecule has 1 heterocycles. The van der Waals surface area contributed by atoms with Gasteiger partial charge in [-0.2, -0.15) is 0 Å². The minimum absolute atomic E-state index is 0.110. The highest BCUT2D eigenvalue weighted by Gasteiger charge is 2.31. The number of hydrogen-bond acceptors (Lipinski definition) is 7. The lowest BCUT2D eigenvalue weighted by Gasteiger charge is -2.30. The normalized spacial score (nSPS) is 19.5. The number of rotatable bonds is 7. The van der Waals surface area contributed by atoms with Crippen LogP contribution in [0.25, 0.3) is 0 Å². The Kier molecular flexibility index (Phi) is 6.94. The number of nitrogens with zero attached hydrogens (tertiary/aromatic N) is 2. The van der Waals surface area contributed by atoms with Gasteiger partial charge in [-0.05, 0) is 49.2 Å². The topological polar surface area (TPSA) is 84.0 Å². The molecule has 2 N–H and O–H groups in total. The fourth-order valence-corrected chi connectivity index (χ4v) is 7.16. The van der Waals surface area contributed by atoms with Gasteiger partial charge in [0, 0.05) is 22.0 Å². The summed E-state index contributed by atoms with van der Waals surface area (Å²) in [5.41, 5.74) is 0.955. The van der Waals surface area contributed by atoms with Crippen LogP contribution in [0.1, 0.15) is 25.7 Å².